The van der Waals surface area contributed by atoms with E-state index in [0.29, 0.717) is 11.4 Å². The SMILES string of the molecule is COC(=O)c1cc(Cn2ccnn2)c(C)s1. The van der Waals surface area contributed by atoms with Crippen molar-refractivity contribution in [2.45, 2.75) is 13.5 Å². The van der Waals surface area contributed by atoms with Crippen LogP contribution in [0.1, 0.15) is 20.1 Å². The molecule has 0 N–H and O–H groups in total. The summed E-state index contributed by atoms with van der Waals surface area (Å²) in [6.07, 6.45) is 3.41. The molecule has 2 aromatic rings. The van der Waals surface area contributed by atoms with Gasteiger partial charge in [-0.05, 0) is 18.6 Å². The molecule has 0 saturated heterocycles. The van der Waals surface area contributed by atoms with Crippen molar-refractivity contribution in [3.8, 4) is 0 Å². The summed E-state index contributed by atoms with van der Waals surface area (Å²) >= 11 is 1.43. The highest BCUT2D eigenvalue weighted by atomic mass is 32.1. The van der Waals surface area contributed by atoms with E-state index in [1.807, 2.05) is 13.0 Å². The summed E-state index contributed by atoms with van der Waals surface area (Å²) in [5.74, 6) is -0.294. The minimum Gasteiger partial charge on any atom is -0.465 e. The van der Waals surface area contributed by atoms with Crippen LogP contribution in [0.15, 0.2) is 18.5 Å². The first-order chi connectivity index (χ1) is 7.70. The van der Waals surface area contributed by atoms with Gasteiger partial charge in [0.05, 0.1) is 19.9 Å². The minimum absolute atomic E-state index is 0.294. The Morgan fingerprint density at radius 2 is 2.44 bits per heavy atom. The lowest BCUT2D eigenvalue weighted by atomic mass is 10.2. The standard InChI is InChI=1S/C10H11N3O2S/c1-7-8(6-13-4-3-11-12-13)5-9(16-7)10(14)15-2/h3-5H,6H2,1-2H3. The van der Waals surface area contributed by atoms with Gasteiger partial charge >= 0.3 is 5.97 Å². The Kier molecular flexibility index (Phi) is 3.00. The summed E-state index contributed by atoms with van der Waals surface area (Å²) < 4.78 is 6.39. The van der Waals surface area contributed by atoms with Crippen LogP contribution in [0, 0.1) is 6.92 Å². The maximum atomic E-state index is 11.3. The number of carbonyl (C=O) groups excluding carboxylic acids is 1. The normalized spacial score (nSPS) is 10.4. The van der Waals surface area contributed by atoms with Gasteiger partial charge in [0.15, 0.2) is 0 Å². The number of hydrogen-bond acceptors (Lipinski definition) is 5. The minimum atomic E-state index is -0.294. The molecule has 16 heavy (non-hydrogen) atoms. The molecule has 0 aliphatic rings. The molecule has 5 nitrogen and oxygen atoms in total. The van der Waals surface area contributed by atoms with E-state index in [4.69, 9.17) is 0 Å². The maximum Gasteiger partial charge on any atom is 0.348 e. The molecule has 0 aliphatic carbocycles. The number of carbonyl (C=O) groups is 1. The lowest BCUT2D eigenvalue weighted by Crippen LogP contribution is -2.01. The van der Waals surface area contributed by atoms with Crippen molar-refractivity contribution in [3.05, 3.63) is 33.8 Å². The summed E-state index contributed by atoms with van der Waals surface area (Å²) in [5, 5.41) is 7.61. The lowest BCUT2D eigenvalue weighted by Gasteiger charge is -1.98. The number of aryl methyl sites for hydroxylation is 1. The Hall–Kier alpha value is -1.69. The Balaban J connectivity index is 2.22. The van der Waals surface area contributed by atoms with Crippen LogP contribution in [-0.2, 0) is 11.3 Å². The maximum absolute atomic E-state index is 11.3. The van der Waals surface area contributed by atoms with Crippen molar-refractivity contribution in [1.29, 1.82) is 0 Å². The van der Waals surface area contributed by atoms with Crippen molar-refractivity contribution in [1.82, 2.24) is 15.0 Å². The van der Waals surface area contributed by atoms with E-state index >= 15 is 0 Å². The highest BCUT2D eigenvalue weighted by Crippen LogP contribution is 2.22. The van der Waals surface area contributed by atoms with Gasteiger partial charge in [-0.25, -0.2) is 9.48 Å². The molecule has 0 bridgehead atoms. The molecular weight excluding hydrogens is 226 g/mol. The second-order valence-electron chi connectivity index (χ2n) is 3.28. The van der Waals surface area contributed by atoms with E-state index in [-0.39, 0.29) is 5.97 Å². The number of methoxy groups -OCH3 is 1. The average Bonchev–Trinajstić information content (AvgIpc) is 2.89. The first kappa shape index (κ1) is 10.8. The molecule has 0 atom stereocenters. The largest absolute Gasteiger partial charge is 0.465 e. The molecule has 0 aliphatic heterocycles. The number of hydrogen-bond donors (Lipinski definition) is 0. The van der Waals surface area contributed by atoms with Gasteiger partial charge in [0.25, 0.3) is 0 Å². The number of rotatable bonds is 3. The molecule has 0 saturated carbocycles. The zero-order chi connectivity index (χ0) is 11.5. The molecule has 0 amide bonds. The molecule has 2 aromatic heterocycles. The fraction of sp³-hybridized carbons (Fsp3) is 0.300. The van der Waals surface area contributed by atoms with Gasteiger partial charge < -0.3 is 4.74 Å². The van der Waals surface area contributed by atoms with Crippen molar-refractivity contribution in [2.75, 3.05) is 7.11 Å². The van der Waals surface area contributed by atoms with Crippen molar-refractivity contribution in [2.24, 2.45) is 0 Å². The molecule has 6 heteroatoms. The van der Waals surface area contributed by atoms with Gasteiger partial charge in [0.1, 0.15) is 4.88 Å². The van der Waals surface area contributed by atoms with Crippen LogP contribution >= 0.6 is 11.3 Å². The van der Waals surface area contributed by atoms with Gasteiger partial charge in [-0.1, -0.05) is 5.21 Å². The number of nitrogens with zero attached hydrogens (tertiary/aromatic N) is 3. The van der Waals surface area contributed by atoms with Gasteiger partial charge in [0.2, 0.25) is 0 Å². The third kappa shape index (κ3) is 2.11. The summed E-state index contributed by atoms with van der Waals surface area (Å²) in [5.41, 5.74) is 1.07. The molecule has 84 valence electrons. The number of thiophene rings is 1. The third-order valence-corrected chi connectivity index (χ3v) is 3.28. The van der Waals surface area contributed by atoms with E-state index < -0.39 is 0 Å². The molecule has 2 rings (SSSR count). The van der Waals surface area contributed by atoms with Crippen LogP contribution in [0.3, 0.4) is 0 Å². The Labute approximate surface area is 96.7 Å². The van der Waals surface area contributed by atoms with E-state index in [9.17, 15) is 4.79 Å². The van der Waals surface area contributed by atoms with Crippen molar-refractivity contribution >= 4 is 17.3 Å². The zero-order valence-electron chi connectivity index (χ0n) is 9.01. The topological polar surface area (TPSA) is 57.0 Å². The predicted octanol–water partition coefficient (Wildman–Crippen LogP) is 1.48. The fourth-order valence-corrected chi connectivity index (χ4v) is 2.32. The first-order valence-electron chi connectivity index (χ1n) is 4.72. The Morgan fingerprint density at radius 3 is 3.06 bits per heavy atom. The molecule has 0 fully saturated rings. The quantitative estimate of drug-likeness (QED) is 0.759. The fourth-order valence-electron chi connectivity index (χ4n) is 1.37. The second-order valence-corrected chi connectivity index (χ2v) is 4.54. The van der Waals surface area contributed by atoms with Crippen LogP contribution in [-0.4, -0.2) is 28.1 Å². The average molecular weight is 237 g/mol. The summed E-state index contributed by atoms with van der Waals surface area (Å²) in [7, 11) is 1.38. The smallest absolute Gasteiger partial charge is 0.348 e. The number of esters is 1. The monoisotopic (exact) mass is 237 g/mol. The van der Waals surface area contributed by atoms with E-state index in [0.717, 1.165) is 10.4 Å². The molecule has 2 heterocycles. The lowest BCUT2D eigenvalue weighted by molar-refractivity contribution is 0.0606. The van der Waals surface area contributed by atoms with Crippen LogP contribution in [0.4, 0.5) is 0 Å². The second kappa shape index (κ2) is 4.44. The number of aromatic nitrogens is 3. The first-order valence-corrected chi connectivity index (χ1v) is 5.54. The van der Waals surface area contributed by atoms with Gasteiger partial charge in [-0.3, -0.25) is 0 Å². The number of ether oxygens (including phenoxy) is 1. The van der Waals surface area contributed by atoms with Gasteiger partial charge in [-0.15, -0.1) is 16.4 Å². The third-order valence-electron chi connectivity index (χ3n) is 2.21. The predicted molar refractivity (Wildman–Crippen MR) is 59.5 cm³/mol. The summed E-state index contributed by atoms with van der Waals surface area (Å²) in [4.78, 5) is 13.0. The molecule has 0 unspecified atom stereocenters. The summed E-state index contributed by atoms with van der Waals surface area (Å²) in [6.45, 7) is 2.60. The van der Waals surface area contributed by atoms with Crippen molar-refractivity contribution < 1.29 is 9.53 Å². The molecule has 0 radical (unpaired) electrons. The van der Waals surface area contributed by atoms with Crippen LogP contribution in [0.2, 0.25) is 0 Å². The zero-order valence-corrected chi connectivity index (χ0v) is 9.82. The van der Waals surface area contributed by atoms with Crippen LogP contribution < -0.4 is 0 Å². The Bertz CT molecular complexity index is 490. The molecule has 0 aromatic carbocycles. The van der Waals surface area contributed by atoms with E-state index in [2.05, 4.69) is 15.0 Å². The van der Waals surface area contributed by atoms with Gasteiger partial charge in [-0.2, -0.15) is 0 Å². The molecule has 0 spiro atoms. The molecular formula is C10H11N3O2S. The Morgan fingerprint density at radius 1 is 1.62 bits per heavy atom. The highest BCUT2D eigenvalue weighted by molar-refractivity contribution is 7.14. The van der Waals surface area contributed by atoms with E-state index in [1.165, 1.54) is 18.4 Å². The highest BCUT2D eigenvalue weighted by Gasteiger charge is 2.12. The van der Waals surface area contributed by atoms with E-state index in [1.54, 1.807) is 17.1 Å². The van der Waals surface area contributed by atoms with Crippen LogP contribution in [0.25, 0.3) is 0 Å². The van der Waals surface area contributed by atoms with Gasteiger partial charge in [0, 0.05) is 11.1 Å². The summed E-state index contributed by atoms with van der Waals surface area (Å²) in [6, 6.07) is 1.84. The van der Waals surface area contributed by atoms with Crippen molar-refractivity contribution in [3.63, 3.8) is 0 Å². The van der Waals surface area contributed by atoms with Crippen LogP contribution in [0.5, 0.6) is 0 Å².